The third-order valence-electron chi connectivity index (χ3n) is 3.44. The van der Waals surface area contributed by atoms with Crippen molar-refractivity contribution in [2.75, 3.05) is 13.1 Å². The Balaban J connectivity index is 2.08. The van der Waals surface area contributed by atoms with Crippen molar-refractivity contribution in [2.45, 2.75) is 19.3 Å². The molecule has 1 aromatic rings. The third-order valence-corrected chi connectivity index (χ3v) is 4.67. The summed E-state index contributed by atoms with van der Waals surface area (Å²) in [5, 5.41) is 9.34. The summed E-state index contributed by atoms with van der Waals surface area (Å²) in [6, 6.07) is 5.10. The normalized spacial score (nSPS) is 18.9. The highest BCUT2D eigenvalue weighted by molar-refractivity contribution is 9.10. The summed E-state index contributed by atoms with van der Waals surface area (Å²) < 4.78 is 0.748. The number of benzene rings is 1. The summed E-state index contributed by atoms with van der Waals surface area (Å²) in [7, 11) is 0. The molecule has 1 aliphatic heterocycles. The Labute approximate surface area is 130 Å². The average molecular weight is 361 g/mol. The van der Waals surface area contributed by atoms with Gasteiger partial charge in [0.25, 0.3) is 5.91 Å². The van der Waals surface area contributed by atoms with Gasteiger partial charge in [-0.2, -0.15) is 0 Å². The fraction of sp³-hybridized carbons (Fsp3) is 0.429. The van der Waals surface area contributed by atoms with Gasteiger partial charge in [0.05, 0.1) is 5.02 Å². The molecule has 1 aliphatic rings. The van der Waals surface area contributed by atoms with Gasteiger partial charge in [0.15, 0.2) is 0 Å². The number of rotatable bonds is 3. The van der Waals surface area contributed by atoms with Crippen LogP contribution in [-0.4, -0.2) is 35.0 Å². The van der Waals surface area contributed by atoms with Crippen molar-refractivity contribution < 1.29 is 14.7 Å². The van der Waals surface area contributed by atoms with Gasteiger partial charge in [0.1, 0.15) is 0 Å². The van der Waals surface area contributed by atoms with E-state index in [2.05, 4.69) is 15.9 Å². The molecular formula is C14H15BrClNO3. The van der Waals surface area contributed by atoms with Gasteiger partial charge in [-0.25, -0.2) is 0 Å². The molecule has 1 atom stereocenters. The maximum atomic E-state index is 12.4. The number of carboxylic acids is 1. The highest BCUT2D eigenvalue weighted by Crippen LogP contribution is 2.26. The fourth-order valence-corrected chi connectivity index (χ4v) is 2.90. The van der Waals surface area contributed by atoms with Gasteiger partial charge in [-0.15, -0.1) is 0 Å². The largest absolute Gasteiger partial charge is 0.481 e. The number of nitrogens with zero attached hydrogens (tertiary/aromatic N) is 1. The zero-order chi connectivity index (χ0) is 14.7. The van der Waals surface area contributed by atoms with Gasteiger partial charge < -0.3 is 10.0 Å². The summed E-state index contributed by atoms with van der Waals surface area (Å²) in [5.41, 5.74) is 0.536. The fourth-order valence-electron chi connectivity index (χ4n) is 2.47. The van der Waals surface area contributed by atoms with Crippen LogP contribution < -0.4 is 0 Å². The number of hydrogen-bond donors (Lipinski definition) is 1. The molecule has 1 saturated heterocycles. The third kappa shape index (κ3) is 3.73. The Morgan fingerprint density at radius 2 is 2.20 bits per heavy atom. The number of likely N-dealkylation sites (tertiary alicyclic amines) is 1. The van der Waals surface area contributed by atoms with Crippen molar-refractivity contribution in [1.82, 2.24) is 4.90 Å². The monoisotopic (exact) mass is 359 g/mol. The molecule has 2 rings (SSSR count). The maximum Gasteiger partial charge on any atom is 0.303 e. The topological polar surface area (TPSA) is 57.6 Å². The molecule has 1 heterocycles. The van der Waals surface area contributed by atoms with E-state index in [9.17, 15) is 9.59 Å². The lowest BCUT2D eigenvalue weighted by atomic mass is 9.94. The number of carboxylic acid groups (broad SMARTS) is 1. The van der Waals surface area contributed by atoms with Crippen LogP contribution in [0.3, 0.4) is 0 Å². The molecule has 1 fully saturated rings. The van der Waals surface area contributed by atoms with Crippen molar-refractivity contribution in [3.05, 3.63) is 33.3 Å². The molecule has 0 radical (unpaired) electrons. The van der Waals surface area contributed by atoms with Crippen LogP contribution in [0.4, 0.5) is 0 Å². The molecule has 4 nitrogen and oxygen atoms in total. The van der Waals surface area contributed by atoms with Crippen LogP contribution >= 0.6 is 27.5 Å². The number of hydrogen-bond acceptors (Lipinski definition) is 2. The average Bonchev–Trinajstić information content (AvgIpc) is 2.40. The number of amides is 1. The van der Waals surface area contributed by atoms with Crippen LogP contribution in [0, 0.1) is 5.92 Å². The number of halogens is 2. The molecule has 1 unspecified atom stereocenters. The van der Waals surface area contributed by atoms with E-state index < -0.39 is 5.97 Å². The van der Waals surface area contributed by atoms with E-state index in [1.54, 1.807) is 23.1 Å². The lowest BCUT2D eigenvalue weighted by Crippen LogP contribution is -2.40. The Bertz CT molecular complexity index is 535. The smallest absolute Gasteiger partial charge is 0.303 e. The molecular weight excluding hydrogens is 346 g/mol. The molecule has 0 aliphatic carbocycles. The Kier molecular flexibility index (Phi) is 5.05. The lowest BCUT2D eigenvalue weighted by molar-refractivity contribution is -0.138. The van der Waals surface area contributed by atoms with Crippen molar-refractivity contribution in [2.24, 2.45) is 5.92 Å². The molecule has 1 amide bonds. The van der Waals surface area contributed by atoms with Gasteiger partial charge in [-0.1, -0.05) is 11.6 Å². The minimum Gasteiger partial charge on any atom is -0.481 e. The first kappa shape index (κ1) is 15.3. The first-order valence-electron chi connectivity index (χ1n) is 6.43. The van der Waals surface area contributed by atoms with E-state index in [4.69, 9.17) is 16.7 Å². The van der Waals surface area contributed by atoms with E-state index in [0.717, 1.165) is 17.3 Å². The SMILES string of the molecule is O=C(O)CC1CCCN(C(=O)c2ccc(Br)c(Cl)c2)C1. The van der Waals surface area contributed by atoms with Crippen molar-refractivity contribution in [3.63, 3.8) is 0 Å². The summed E-state index contributed by atoms with van der Waals surface area (Å²) in [5.74, 6) is -0.860. The molecule has 0 saturated carbocycles. The second-order valence-corrected chi connectivity index (χ2v) is 6.25. The van der Waals surface area contributed by atoms with Crippen LogP contribution in [0.2, 0.25) is 5.02 Å². The standard InChI is InChI=1S/C14H15BrClNO3/c15-11-4-3-10(7-12(11)16)14(20)17-5-1-2-9(8-17)6-13(18)19/h3-4,7,9H,1-2,5-6,8H2,(H,18,19). The van der Waals surface area contributed by atoms with Gasteiger partial charge in [-0.05, 0) is 52.9 Å². The minimum absolute atomic E-state index is 0.0381. The number of aliphatic carboxylic acids is 1. The number of piperidine rings is 1. The second kappa shape index (κ2) is 6.59. The van der Waals surface area contributed by atoms with E-state index in [0.29, 0.717) is 23.7 Å². The van der Waals surface area contributed by atoms with Crippen LogP contribution in [0.5, 0.6) is 0 Å². The van der Waals surface area contributed by atoms with E-state index >= 15 is 0 Å². The van der Waals surface area contributed by atoms with Gasteiger partial charge in [-0.3, -0.25) is 9.59 Å². The first-order chi connectivity index (χ1) is 9.47. The molecule has 0 aromatic heterocycles. The van der Waals surface area contributed by atoms with Crippen LogP contribution in [0.1, 0.15) is 29.6 Å². The predicted octanol–water partition coefficient (Wildman–Crippen LogP) is 3.43. The Morgan fingerprint density at radius 1 is 1.45 bits per heavy atom. The van der Waals surface area contributed by atoms with E-state index in [1.165, 1.54) is 0 Å². The Hall–Kier alpha value is -1.07. The minimum atomic E-state index is -0.809. The summed E-state index contributed by atoms with van der Waals surface area (Å²) >= 11 is 9.29. The molecule has 1 aromatic carbocycles. The van der Waals surface area contributed by atoms with Crippen molar-refractivity contribution >= 4 is 39.4 Å². The van der Waals surface area contributed by atoms with Crippen molar-refractivity contribution in [3.8, 4) is 0 Å². The summed E-state index contributed by atoms with van der Waals surface area (Å²) in [6.07, 6.45) is 1.82. The van der Waals surface area contributed by atoms with Gasteiger partial charge >= 0.3 is 5.97 Å². The highest BCUT2D eigenvalue weighted by atomic mass is 79.9. The van der Waals surface area contributed by atoms with Crippen molar-refractivity contribution in [1.29, 1.82) is 0 Å². The van der Waals surface area contributed by atoms with E-state index in [1.807, 2.05) is 0 Å². The summed E-state index contributed by atoms with van der Waals surface area (Å²) in [4.78, 5) is 24.9. The summed E-state index contributed by atoms with van der Waals surface area (Å²) in [6.45, 7) is 1.17. The van der Waals surface area contributed by atoms with E-state index in [-0.39, 0.29) is 18.2 Å². The van der Waals surface area contributed by atoms with Crippen LogP contribution in [0.25, 0.3) is 0 Å². The molecule has 20 heavy (non-hydrogen) atoms. The number of carbonyl (C=O) groups excluding carboxylic acids is 1. The molecule has 6 heteroatoms. The first-order valence-corrected chi connectivity index (χ1v) is 7.60. The highest BCUT2D eigenvalue weighted by Gasteiger charge is 2.26. The zero-order valence-electron chi connectivity index (χ0n) is 10.8. The van der Waals surface area contributed by atoms with Gasteiger partial charge in [0.2, 0.25) is 0 Å². The lowest BCUT2D eigenvalue weighted by Gasteiger charge is -2.32. The number of carbonyl (C=O) groups is 2. The van der Waals surface area contributed by atoms with Crippen LogP contribution in [-0.2, 0) is 4.79 Å². The Morgan fingerprint density at radius 3 is 2.85 bits per heavy atom. The zero-order valence-corrected chi connectivity index (χ0v) is 13.2. The van der Waals surface area contributed by atoms with Crippen LogP contribution in [0.15, 0.2) is 22.7 Å². The molecule has 0 spiro atoms. The molecule has 0 bridgehead atoms. The molecule has 1 N–H and O–H groups in total. The quantitative estimate of drug-likeness (QED) is 0.898. The second-order valence-electron chi connectivity index (χ2n) is 4.99. The molecule has 108 valence electrons. The maximum absolute atomic E-state index is 12.4. The predicted molar refractivity (Wildman–Crippen MR) is 80.0 cm³/mol. The van der Waals surface area contributed by atoms with Gasteiger partial charge in [0, 0.05) is 29.5 Å².